The lowest BCUT2D eigenvalue weighted by Gasteiger charge is -2.08. The number of pyridine rings is 2. The largest absolute Gasteiger partial charge is 0.398 e. The Balaban J connectivity index is 2.12. The highest BCUT2D eigenvalue weighted by molar-refractivity contribution is 5.90. The molecule has 2 rings (SSSR count). The van der Waals surface area contributed by atoms with E-state index in [0.29, 0.717) is 5.69 Å². The van der Waals surface area contributed by atoms with Gasteiger partial charge in [-0.3, -0.25) is 14.6 Å². The van der Waals surface area contributed by atoms with Crippen molar-refractivity contribution in [3.05, 3.63) is 53.0 Å². The Morgan fingerprint density at radius 1 is 1.42 bits per heavy atom. The Bertz CT molecular complexity index is 669. The Hall–Kier alpha value is -2.70. The fraction of sp³-hybridized carbons (Fsp3) is 0.0833. The van der Waals surface area contributed by atoms with Gasteiger partial charge in [-0.25, -0.2) is 4.39 Å². The molecule has 0 saturated heterocycles. The van der Waals surface area contributed by atoms with Crippen molar-refractivity contribution in [1.29, 1.82) is 0 Å². The van der Waals surface area contributed by atoms with E-state index in [1.807, 2.05) is 0 Å². The number of nitrogen functional groups attached to an aromatic ring is 1. The second-order valence-electron chi connectivity index (χ2n) is 3.83. The van der Waals surface area contributed by atoms with E-state index in [2.05, 4.69) is 10.3 Å². The molecule has 0 aliphatic heterocycles. The third-order valence-corrected chi connectivity index (χ3v) is 2.37. The molecule has 0 unspecified atom stereocenters. The van der Waals surface area contributed by atoms with E-state index in [1.165, 1.54) is 30.6 Å². The summed E-state index contributed by atoms with van der Waals surface area (Å²) in [5.41, 5.74) is 5.53. The van der Waals surface area contributed by atoms with Crippen LogP contribution in [-0.4, -0.2) is 15.5 Å². The van der Waals surface area contributed by atoms with Crippen LogP contribution in [0.2, 0.25) is 0 Å². The molecule has 0 aliphatic rings. The van der Waals surface area contributed by atoms with Crippen LogP contribution in [0.15, 0.2) is 41.6 Å². The van der Waals surface area contributed by atoms with Crippen LogP contribution >= 0.6 is 0 Å². The molecule has 7 heteroatoms. The van der Waals surface area contributed by atoms with Gasteiger partial charge in [0.05, 0.1) is 11.9 Å². The lowest BCUT2D eigenvalue weighted by atomic mass is 10.3. The van der Waals surface area contributed by atoms with Crippen LogP contribution in [-0.2, 0) is 11.3 Å². The smallest absolute Gasteiger partial charge is 0.251 e. The average Bonchev–Trinajstić information content (AvgIpc) is 2.37. The third-order valence-electron chi connectivity index (χ3n) is 2.37. The van der Waals surface area contributed by atoms with Gasteiger partial charge < -0.3 is 15.6 Å². The van der Waals surface area contributed by atoms with Crippen LogP contribution in [0.1, 0.15) is 0 Å². The molecule has 3 N–H and O–H groups in total. The van der Waals surface area contributed by atoms with Crippen LogP contribution in [0.4, 0.5) is 15.8 Å². The number of amides is 1. The molecule has 1 amide bonds. The average molecular weight is 262 g/mol. The van der Waals surface area contributed by atoms with Gasteiger partial charge in [-0.1, -0.05) is 0 Å². The minimum Gasteiger partial charge on any atom is -0.398 e. The summed E-state index contributed by atoms with van der Waals surface area (Å²) in [6, 6.07) is 4.03. The van der Waals surface area contributed by atoms with Gasteiger partial charge >= 0.3 is 0 Å². The summed E-state index contributed by atoms with van der Waals surface area (Å²) >= 11 is 0. The van der Waals surface area contributed by atoms with E-state index in [1.54, 1.807) is 0 Å². The summed E-state index contributed by atoms with van der Waals surface area (Å²) in [5, 5.41) is 2.35. The first-order valence-electron chi connectivity index (χ1n) is 5.41. The van der Waals surface area contributed by atoms with E-state index < -0.39 is 11.7 Å². The summed E-state index contributed by atoms with van der Waals surface area (Å²) in [5.74, 6) is -1.17. The Morgan fingerprint density at radius 3 is 2.95 bits per heavy atom. The number of hydrogen-bond acceptors (Lipinski definition) is 4. The van der Waals surface area contributed by atoms with E-state index in [4.69, 9.17) is 5.73 Å². The summed E-state index contributed by atoms with van der Waals surface area (Å²) in [7, 11) is 0. The highest BCUT2D eigenvalue weighted by atomic mass is 19.1. The number of carbonyl (C=O) groups is 1. The number of nitrogens with two attached hydrogens (primary N) is 1. The Morgan fingerprint density at radius 2 is 2.21 bits per heavy atom. The molecule has 0 aliphatic carbocycles. The van der Waals surface area contributed by atoms with E-state index >= 15 is 0 Å². The maximum absolute atomic E-state index is 13.3. The third kappa shape index (κ3) is 3.15. The number of carbonyl (C=O) groups excluding carboxylic acids is 1. The SMILES string of the molecule is Nc1ccc(=O)n(CC(=O)Nc2ccncc2F)c1. The van der Waals surface area contributed by atoms with Crippen molar-refractivity contribution in [2.45, 2.75) is 6.54 Å². The first-order chi connectivity index (χ1) is 9.06. The fourth-order valence-corrected chi connectivity index (χ4v) is 1.49. The zero-order valence-corrected chi connectivity index (χ0v) is 9.84. The Labute approximate surface area is 107 Å². The molecule has 6 nitrogen and oxygen atoms in total. The van der Waals surface area contributed by atoms with Crippen molar-refractivity contribution >= 4 is 17.3 Å². The number of aromatic nitrogens is 2. The topological polar surface area (TPSA) is 90.0 Å². The number of nitrogens with one attached hydrogen (secondary N) is 1. The summed E-state index contributed by atoms with van der Waals surface area (Å²) in [4.78, 5) is 26.7. The molecule has 0 spiro atoms. The molecule has 0 radical (unpaired) electrons. The molecule has 0 bridgehead atoms. The van der Waals surface area contributed by atoms with Gasteiger partial charge in [0.15, 0.2) is 5.82 Å². The highest BCUT2D eigenvalue weighted by Crippen LogP contribution is 2.10. The first kappa shape index (κ1) is 12.7. The highest BCUT2D eigenvalue weighted by Gasteiger charge is 2.08. The molecule has 2 aromatic heterocycles. The first-order valence-corrected chi connectivity index (χ1v) is 5.41. The number of rotatable bonds is 3. The molecule has 2 aromatic rings. The maximum Gasteiger partial charge on any atom is 0.251 e. The predicted molar refractivity (Wildman–Crippen MR) is 67.9 cm³/mol. The van der Waals surface area contributed by atoms with E-state index in [0.717, 1.165) is 10.8 Å². The van der Waals surface area contributed by atoms with Gasteiger partial charge in [0, 0.05) is 24.1 Å². The standard InChI is InChI=1S/C12H11FN4O2/c13-9-5-15-4-3-10(9)16-11(18)7-17-6-8(14)1-2-12(17)19/h1-6H,7,14H2,(H,15,16,18). The van der Waals surface area contributed by atoms with Gasteiger partial charge in [-0.2, -0.15) is 0 Å². The number of anilines is 2. The van der Waals surface area contributed by atoms with E-state index in [-0.39, 0.29) is 17.8 Å². The van der Waals surface area contributed by atoms with Crippen molar-refractivity contribution in [2.75, 3.05) is 11.1 Å². The zero-order chi connectivity index (χ0) is 13.8. The van der Waals surface area contributed by atoms with Gasteiger partial charge in [0.25, 0.3) is 5.56 Å². The predicted octanol–water partition coefficient (Wildman–Crippen LogP) is 0.603. The van der Waals surface area contributed by atoms with Crippen molar-refractivity contribution < 1.29 is 9.18 Å². The van der Waals surface area contributed by atoms with Crippen molar-refractivity contribution in [3.63, 3.8) is 0 Å². The molecule has 0 atom stereocenters. The van der Waals surface area contributed by atoms with E-state index in [9.17, 15) is 14.0 Å². The molecule has 2 heterocycles. The van der Waals surface area contributed by atoms with Crippen LogP contribution in [0.3, 0.4) is 0 Å². The lowest BCUT2D eigenvalue weighted by molar-refractivity contribution is -0.116. The van der Waals surface area contributed by atoms with Crippen LogP contribution in [0.25, 0.3) is 0 Å². The molecule has 0 aromatic carbocycles. The number of hydrogen-bond donors (Lipinski definition) is 2. The second kappa shape index (κ2) is 5.30. The number of nitrogens with zero attached hydrogens (tertiary/aromatic N) is 2. The molecular formula is C12H11FN4O2. The maximum atomic E-state index is 13.3. The quantitative estimate of drug-likeness (QED) is 0.847. The summed E-state index contributed by atoms with van der Waals surface area (Å²) in [6.07, 6.45) is 3.69. The van der Waals surface area contributed by atoms with Gasteiger partial charge in [0.1, 0.15) is 6.54 Å². The monoisotopic (exact) mass is 262 g/mol. The zero-order valence-electron chi connectivity index (χ0n) is 9.84. The summed E-state index contributed by atoms with van der Waals surface area (Å²) < 4.78 is 14.4. The van der Waals surface area contributed by atoms with Crippen molar-refractivity contribution in [1.82, 2.24) is 9.55 Å². The number of halogens is 1. The van der Waals surface area contributed by atoms with Gasteiger partial charge in [0.2, 0.25) is 5.91 Å². The van der Waals surface area contributed by atoms with Crippen LogP contribution < -0.4 is 16.6 Å². The molecule has 19 heavy (non-hydrogen) atoms. The molecule has 0 saturated carbocycles. The van der Waals surface area contributed by atoms with Crippen molar-refractivity contribution in [3.8, 4) is 0 Å². The normalized spacial score (nSPS) is 10.2. The minimum atomic E-state index is -0.643. The fourth-order valence-electron chi connectivity index (χ4n) is 1.49. The van der Waals surface area contributed by atoms with Crippen molar-refractivity contribution in [2.24, 2.45) is 0 Å². The lowest BCUT2D eigenvalue weighted by Crippen LogP contribution is -2.27. The molecule has 0 fully saturated rings. The Kier molecular flexibility index (Phi) is 3.56. The van der Waals surface area contributed by atoms with Gasteiger partial charge in [-0.15, -0.1) is 0 Å². The molecule has 98 valence electrons. The van der Waals surface area contributed by atoms with Crippen LogP contribution in [0, 0.1) is 5.82 Å². The molecular weight excluding hydrogens is 251 g/mol. The summed E-state index contributed by atoms with van der Waals surface area (Å²) in [6.45, 7) is -0.244. The van der Waals surface area contributed by atoms with Crippen LogP contribution in [0.5, 0.6) is 0 Å². The second-order valence-corrected chi connectivity index (χ2v) is 3.83. The minimum absolute atomic E-state index is 0.0111. The van der Waals surface area contributed by atoms with Gasteiger partial charge in [-0.05, 0) is 12.1 Å².